The van der Waals surface area contributed by atoms with Gasteiger partial charge in [-0.1, -0.05) is 18.2 Å². The number of nitrogens with zero attached hydrogens (tertiary/aromatic N) is 2. The number of benzene rings is 1. The third kappa shape index (κ3) is 1.41. The van der Waals surface area contributed by atoms with Gasteiger partial charge in [0.25, 0.3) is 0 Å². The third-order valence-electron chi connectivity index (χ3n) is 3.98. The molecular weight excluding hydrogens is 226 g/mol. The maximum Gasteiger partial charge on any atom is 0.191 e. The van der Waals surface area contributed by atoms with Crippen LogP contribution in [-0.2, 0) is 5.54 Å². The smallest absolute Gasteiger partial charge is 0.191 e. The molecule has 2 N–H and O–H groups in total. The van der Waals surface area contributed by atoms with Gasteiger partial charge >= 0.3 is 0 Å². The van der Waals surface area contributed by atoms with Crippen molar-refractivity contribution in [3.05, 3.63) is 29.8 Å². The lowest BCUT2D eigenvalue weighted by molar-refractivity contribution is 0.0147. The van der Waals surface area contributed by atoms with E-state index in [1.165, 1.54) is 5.56 Å². The molecule has 0 saturated carbocycles. The molecule has 96 valence electrons. The average molecular weight is 245 g/mol. The van der Waals surface area contributed by atoms with E-state index in [1.54, 1.807) is 0 Å². The van der Waals surface area contributed by atoms with Crippen LogP contribution in [-0.4, -0.2) is 30.1 Å². The van der Waals surface area contributed by atoms with Gasteiger partial charge in [0.1, 0.15) is 11.4 Å². The van der Waals surface area contributed by atoms with Gasteiger partial charge in [0.2, 0.25) is 0 Å². The molecular formula is C14H19N3O. The zero-order chi connectivity index (χ0) is 13.0. The number of hydrogen-bond donors (Lipinski definition) is 1. The number of para-hydroxylation sites is 1. The molecule has 1 unspecified atom stereocenters. The van der Waals surface area contributed by atoms with Crippen molar-refractivity contribution < 1.29 is 4.74 Å². The van der Waals surface area contributed by atoms with Crippen molar-refractivity contribution in [3.8, 4) is 5.75 Å². The topological polar surface area (TPSA) is 50.8 Å². The first kappa shape index (κ1) is 11.4. The number of guanidine groups is 1. The minimum absolute atomic E-state index is 0.150. The van der Waals surface area contributed by atoms with Gasteiger partial charge in [0, 0.05) is 19.0 Å². The van der Waals surface area contributed by atoms with E-state index in [9.17, 15) is 0 Å². The van der Waals surface area contributed by atoms with Crippen LogP contribution in [0.2, 0.25) is 0 Å². The van der Waals surface area contributed by atoms with Gasteiger partial charge in [-0.2, -0.15) is 0 Å². The summed E-state index contributed by atoms with van der Waals surface area (Å²) in [5, 5.41) is 0. The van der Waals surface area contributed by atoms with Gasteiger partial charge in [0.15, 0.2) is 5.96 Å². The molecule has 0 fully saturated rings. The number of ether oxygens (including phenoxy) is 1. The highest BCUT2D eigenvalue weighted by Crippen LogP contribution is 2.48. The Bertz CT molecular complexity index is 524. The lowest BCUT2D eigenvalue weighted by Crippen LogP contribution is -2.54. The molecule has 0 radical (unpaired) electrons. The summed E-state index contributed by atoms with van der Waals surface area (Å²) in [6, 6.07) is 8.20. The van der Waals surface area contributed by atoms with Crippen molar-refractivity contribution in [2.75, 3.05) is 13.6 Å². The summed E-state index contributed by atoms with van der Waals surface area (Å²) >= 11 is 0. The summed E-state index contributed by atoms with van der Waals surface area (Å²) in [6.45, 7) is 4.94. The molecule has 0 aromatic heterocycles. The van der Waals surface area contributed by atoms with Crippen molar-refractivity contribution in [2.24, 2.45) is 10.7 Å². The molecule has 1 aromatic carbocycles. The minimum atomic E-state index is -0.206. The van der Waals surface area contributed by atoms with Crippen molar-refractivity contribution in [3.63, 3.8) is 0 Å². The number of nitrogens with two attached hydrogens (primary N) is 1. The van der Waals surface area contributed by atoms with Crippen LogP contribution < -0.4 is 10.5 Å². The Morgan fingerprint density at radius 1 is 1.33 bits per heavy atom. The summed E-state index contributed by atoms with van der Waals surface area (Å²) in [5.41, 5.74) is 6.80. The maximum atomic E-state index is 6.07. The molecule has 1 aromatic rings. The van der Waals surface area contributed by atoms with Crippen LogP contribution >= 0.6 is 0 Å². The highest BCUT2D eigenvalue weighted by atomic mass is 16.5. The lowest BCUT2D eigenvalue weighted by Gasteiger charge is -2.47. The van der Waals surface area contributed by atoms with Crippen molar-refractivity contribution in [1.82, 2.24) is 4.90 Å². The zero-order valence-electron chi connectivity index (χ0n) is 11.1. The Morgan fingerprint density at radius 2 is 2.06 bits per heavy atom. The van der Waals surface area contributed by atoms with E-state index < -0.39 is 0 Å². The van der Waals surface area contributed by atoms with Crippen LogP contribution in [0.3, 0.4) is 0 Å². The molecule has 4 heteroatoms. The Kier molecular flexibility index (Phi) is 2.15. The quantitative estimate of drug-likeness (QED) is 0.757. The fourth-order valence-corrected chi connectivity index (χ4v) is 3.16. The Labute approximate surface area is 107 Å². The van der Waals surface area contributed by atoms with Crippen LogP contribution in [0.5, 0.6) is 5.75 Å². The molecule has 18 heavy (non-hydrogen) atoms. The number of likely N-dealkylation sites (N-methyl/N-ethyl adjacent to an activating group) is 1. The third-order valence-corrected chi connectivity index (χ3v) is 3.98. The average Bonchev–Trinajstić information content (AvgIpc) is 2.57. The predicted molar refractivity (Wildman–Crippen MR) is 71.7 cm³/mol. The minimum Gasteiger partial charge on any atom is -0.487 e. The van der Waals surface area contributed by atoms with E-state index in [-0.39, 0.29) is 11.1 Å². The van der Waals surface area contributed by atoms with Gasteiger partial charge in [-0.3, -0.25) is 4.99 Å². The molecule has 2 aliphatic rings. The Morgan fingerprint density at radius 3 is 2.72 bits per heavy atom. The highest BCUT2D eigenvalue weighted by molar-refractivity contribution is 5.81. The first-order valence-electron chi connectivity index (χ1n) is 6.27. The number of fused-ring (bicyclic) bond motifs is 2. The fourth-order valence-electron chi connectivity index (χ4n) is 3.16. The monoisotopic (exact) mass is 245 g/mol. The van der Waals surface area contributed by atoms with Gasteiger partial charge in [-0.25, -0.2) is 0 Å². The van der Waals surface area contributed by atoms with Crippen LogP contribution in [0.4, 0.5) is 0 Å². The van der Waals surface area contributed by atoms with Crippen molar-refractivity contribution in [2.45, 2.75) is 31.4 Å². The van der Waals surface area contributed by atoms with E-state index in [0.29, 0.717) is 12.5 Å². The molecule has 1 spiro atoms. The maximum absolute atomic E-state index is 6.07. The summed E-state index contributed by atoms with van der Waals surface area (Å²) in [5.74, 6) is 1.56. The van der Waals surface area contributed by atoms with Crippen molar-refractivity contribution in [1.29, 1.82) is 0 Å². The van der Waals surface area contributed by atoms with E-state index in [1.807, 2.05) is 25.2 Å². The van der Waals surface area contributed by atoms with Crippen LogP contribution in [0, 0.1) is 0 Å². The summed E-state index contributed by atoms with van der Waals surface area (Å²) < 4.78 is 6.07. The van der Waals surface area contributed by atoms with Crippen molar-refractivity contribution >= 4 is 5.96 Å². The second-order valence-corrected chi connectivity index (χ2v) is 5.80. The van der Waals surface area contributed by atoms with Crippen LogP contribution in [0.1, 0.15) is 25.8 Å². The van der Waals surface area contributed by atoms with Gasteiger partial charge in [-0.15, -0.1) is 0 Å². The molecule has 4 nitrogen and oxygen atoms in total. The van der Waals surface area contributed by atoms with Crippen LogP contribution in [0.15, 0.2) is 29.3 Å². The first-order chi connectivity index (χ1) is 8.45. The molecule has 0 bridgehead atoms. The largest absolute Gasteiger partial charge is 0.487 e. The van der Waals surface area contributed by atoms with E-state index in [0.717, 1.165) is 12.2 Å². The normalized spacial score (nSPS) is 28.8. The molecule has 0 amide bonds. The Hall–Kier alpha value is -1.71. The lowest BCUT2D eigenvalue weighted by atomic mass is 9.77. The molecule has 1 atom stereocenters. The molecule has 3 rings (SSSR count). The SMILES string of the molecule is CN1C(N)=NCC12CC(C)(C)Oc1ccccc12. The molecule has 2 heterocycles. The summed E-state index contributed by atoms with van der Waals surface area (Å²) in [7, 11) is 2.02. The number of rotatable bonds is 0. The number of aliphatic imine (C=N–C) groups is 1. The highest BCUT2D eigenvalue weighted by Gasteiger charge is 2.50. The zero-order valence-corrected chi connectivity index (χ0v) is 11.1. The summed E-state index contributed by atoms with van der Waals surface area (Å²) in [6.07, 6.45) is 0.887. The van der Waals surface area contributed by atoms with E-state index >= 15 is 0 Å². The molecule has 0 aliphatic carbocycles. The van der Waals surface area contributed by atoms with E-state index in [4.69, 9.17) is 10.5 Å². The van der Waals surface area contributed by atoms with Gasteiger partial charge in [0.05, 0.1) is 12.1 Å². The Balaban J connectivity index is 2.16. The summed E-state index contributed by atoms with van der Waals surface area (Å²) in [4.78, 5) is 6.52. The van der Waals surface area contributed by atoms with Gasteiger partial charge in [-0.05, 0) is 19.9 Å². The first-order valence-corrected chi connectivity index (χ1v) is 6.27. The predicted octanol–water partition coefficient (Wildman–Crippen LogP) is 1.70. The van der Waals surface area contributed by atoms with Gasteiger partial charge < -0.3 is 15.4 Å². The molecule has 0 saturated heterocycles. The standard InChI is InChI=1S/C14H19N3O/c1-13(2)8-14(9-16-12(15)17(14)3)10-6-4-5-7-11(10)18-13/h4-7H,8-9H2,1-3H3,(H2,15,16). The number of hydrogen-bond acceptors (Lipinski definition) is 4. The second-order valence-electron chi connectivity index (χ2n) is 5.80. The molecule has 2 aliphatic heterocycles. The van der Waals surface area contributed by atoms with Crippen LogP contribution in [0.25, 0.3) is 0 Å². The van der Waals surface area contributed by atoms with E-state index in [2.05, 4.69) is 29.8 Å². The fraction of sp³-hybridized carbons (Fsp3) is 0.500. The second kappa shape index (κ2) is 3.40.